The van der Waals surface area contributed by atoms with E-state index in [0.29, 0.717) is 11.1 Å². The van der Waals surface area contributed by atoms with E-state index >= 15 is 0 Å². The number of hydrogen-bond acceptors (Lipinski definition) is 2. The predicted octanol–water partition coefficient (Wildman–Crippen LogP) is 0.176. The van der Waals surface area contributed by atoms with Crippen LogP contribution >= 0.6 is 0 Å². The van der Waals surface area contributed by atoms with Gasteiger partial charge in [0.1, 0.15) is 0 Å². The zero-order valence-corrected chi connectivity index (χ0v) is 5.72. The van der Waals surface area contributed by atoms with Crippen molar-refractivity contribution >= 4 is 0 Å². The Balaban J connectivity index is 3.28. The summed E-state index contributed by atoms with van der Waals surface area (Å²) in [4.78, 5) is 13.8. The minimum absolute atomic E-state index is 0.0822. The van der Waals surface area contributed by atoms with Crippen LogP contribution in [0.3, 0.4) is 0 Å². The summed E-state index contributed by atoms with van der Waals surface area (Å²) in [6, 6.07) is 0. The molecule has 0 fully saturated rings. The van der Waals surface area contributed by atoms with Crippen molar-refractivity contribution in [3.05, 3.63) is 33.7 Å². The fourth-order valence-electron chi connectivity index (χ4n) is 0.769. The first-order valence-corrected chi connectivity index (χ1v) is 3.03. The summed E-state index contributed by atoms with van der Waals surface area (Å²) in [5.74, 6) is 0. The van der Waals surface area contributed by atoms with Crippen LogP contribution in [0.25, 0.3) is 0 Å². The third-order valence-corrected chi connectivity index (χ3v) is 1.38. The molecule has 3 nitrogen and oxygen atoms in total. The Hall–Kier alpha value is -1.09. The standard InChI is InChI=1S/C7H9NO2/c1-5-2-8-3-6(4-9)7(5)10/h2-3,9H,4H2,1H3,(H,8,10). The van der Waals surface area contributed by atoms with Crippen LogP contribution in [0, 0.1) is 6.92 Å². The molecule has 0 spiro atoms. The van der Waals surface area contributed by atoms with Crippen molar-refractivity contribution in [1.29, 1.82) is 0 Å². The Morgan fingerprint density at radius 1 is 1.60 bits per heavy atom. The highest BCUT2D eigenvalue weighted by Gasteiger charge is 1.97. The van der Waals surface area contributed by atoms with Crippen molar-refractivity contribution in [3.8, 4) is 0 Å². The SMILES string of the molecule is Cc1c[nH]cc(CO)c1=O. The van der Waals surface area contributed by atoms with Crippen molar-refractivity contribution in [2.45, 2.75) is 13.5 Å². The number of H-pyrrole nitrogens is 1. The van der Waals surface area contributed by atoms with Crippen LogP contribution in [0.15, 0.2) is 17.2 Å². The molecule has 10 heavy (non-hydrogen) atoms. The maximum atomic E-state index is 11.0. The van der Waals surface area contributed by atoms with Gasteiger partial charge < -0.3 is 10.1 Å². The average molecular weight is 139 g/mol. The Morgan fingerprint density at radius 2 is 2.30 bits per heavy atom. The molecule has 1 heterocycles. The van der Waals surface area contributed by atoms with Gasteiger partial charge in [-0.15, -0.1) is 0 Å². The third kappa shape index (κ3) is 1.09. The molecule has 54 valence electrons. The molecule has 0 saturated heterocycles. The predicted molar refractivity (Wildman–Crippen MR) is 37.7 cm³/mol. The number of hydrogen-bond donors (Lipinski definition) is 2. The number of aromatic nitrogens is 1. The van der Waals surface area contributed by atoms with Gasteiger partial charge in [-0.25, -0.2) is 0 Å². The van der Waals surface area contributed by atoms with Crippen LogP contribution in [0.2, 0.25) is 0 Å². The molecular weight excluding hydrogens is 130 g/mol. The number of rotatable bonds is 1. The molecule has 0 aromatic carbocycles. The van der Waals surface area contributed by atoms with Crippen LogP contribution in [0.5, 0.6) is 0 Å². The van der Waals surface area contributed by atoms with Gasteiger partial charge in [0, 0.05) is 23.5 Å². The number of nitrogens with one attached hydrogen (secondary N) is 1. The van der Waals surface area contributed by atoms with Crippen LogP contribution in [-0.2, 0) is 6.61 Å². The number of pyridine rings is 1. The van der Waals surface area contributed by atoms with E-state index in [9.17, 15) is 4.79 Å². The van der Waals surface area contributed by atoms with E-state index in [-0.39, 0.29) is 12.0 Å². The van der Waals surface area contributed by atoms with E-state index in [1.807, 2.05) is 0 Å². The first-order valence-electron chi connectivity index (χ1n) is 3.03. The second-order valence-corrected chi connectivity index (χ2v) is 2.15. The lowest BCUT2D eigenvalue weighted by atomic mass is 10.2. The second-order valence-electron chi connectivity index (χ2n) is 2.15. The van der Waals surface area contributed by atoms with Gasteiger partial charge >= 0.3 is 0 Å². The minimum atomic E-state index is -0.197. The van der Waals surface area contributed by atoms with Gasteiger partial charge in [-0.3, -0.25) is 4.79 Å². The van der Waals surface area contributed by atoms with Gasteiger partial charge in [0.05, 0.1) is 6.61 Å². The monoisotopic (exact) mass is 139 g/mol. The van der Waals surface area contributed by atoms with Gasteiger partial charge in [0.2, 0.25) is 0 Å². The van der Waals surface area contributed by atoms with Gasteiger partial charge in [-0.05, 0) is 6.92 Å². The third-order valence-electron chi connectivity index (χ3n) is 1.38. The van der Waals surface area contributed by atoms with E-state index in [2.05, 4.69) is 4.98 Å². The molecular formula is C7H9NO2. The summed E-state index contributed by atoms with van der Waals surface area (Å²) in [6.07, 6.45) is 3.12. The molecule has 0 radical (unpaired) electrons. The lowest BCUT2D eigenvalue weighted by Gasteiger charge is -1.94. The highest BCUT2D eigenvalue weighted by Crippen LogP contribution is 1.90. The first-order chi connectivity index (χ1) is 4.75. The van der Waals surface area contributed by atoms with E-state index < -0.39 is 0 Å². The smallest absolute Gasteiger partial charge is 0.189 e. The van der Waals surface area contributed by atoms with Crippen molar-refractivity contribution in [2.24, 2.45) is 0 Å². The summed E-state index contributed by atoms with van der Waals surface area (Å²) < 4.78 is 0. The largest absolute Gasteiger partial charge is 0.391 e. The molecule has 3 heteroatoms. The first kappa shape index (κ1) is 7.02. The normalized spacial score (nSPS) is 9.80. The number of aryl methyl sites for hydroxylation is 1. The second kappa shape index (κ2) is 2.66. The van der Waals surface area contributed by atoms with Crippen LogP contribution in [-0.4, -0.2) is 10.1 Å². The number of aliphatic hydroxyl groups excluding tert-OH is 1. The highest BCUT2D eigenvalue weighted by molar-refractivity contribution is 5.15. The van der Waals surface area contributed by atoms with E-state index in [0.717, 1.165) is 0 Å². The van der Waals surface area contributed by atoms with Crippen molar-refractivity contribution < 1.29 is 5.11 Å². The summed E-state index contributed by atoms with van der Waals surface area (Å²) in [5, 5.41) is 8.62. The quantitative estimate of drug-likeness (QED) is 0.583. The Labute approximate surface area is 58.3 Å². The molecule has 1 aromatic heterocycles. The van der Waals surface area contributed by atoms with Gasteiger partial charge in [-0.1, -0.05) is 0 Å². The molecule has 1 rings (SSSR count). The number of aromatic amines is 1. The molecule has 0 unspecified atom stereocenters. The van der Waals surface area contributed by atoms with Crippen molar-refractivity contribution in [1.82, 2.24) is 4.98 Å². The molecule has 1 aromatic rings. The molecule has 0 aliphatic rings. The van der Waals surface area contributed by atoms with E-state index in [4.69, 9.17) is 5.11 Å². The van der Waals surface area contributed by atoms with Crippen LogP contribution in [0.4, 0.5) is 0 Å². The van der Waals surface area contributed by atoms with Gasteiger partial charge in [0.25, 0.3) is 0 Å². The minimum Gasteiger partial charge on any atom is -0.391 e. The molecule has 0 aliphatic carbocycles. The fourth-order valence-corrected chi connectivity index (χ4v) is 0.769. The fraction of sp³-hybridized carbons (Fsp3) is 0.286. The zero-order chi connectivity index (χ0) is 7.56. The van der Waals surface area contributed by atoms with E-state index in [1.165, 1.54) is 6.20 Å². The van der Waals surface area contributed by atoms with Gasteiger partial charge in [-0.2, -0.15) is 0 Å². The Bertz CT molecular complexity index is 277. The van der Waals surface area contributed by atoms with Crippen LogP contribution in [0.1, 0.15) is 11.1 Å². The molecule has 0 atom stereocenters. The van der Waals surface area contributed by atoms with Gasteiger partial charge in [0.15, 0.2) is 5.43 Å². The molecule has 0 saturated carbocycles. The maximum Gasteiger partial charge on any atom is 0.189 e. The summed E-state index contributed by atoms with van der Waals surface area (Å²) in [5.41, 5.74) is 0.966. The Morgan fingerprint density at radius 3 is 2.80 bits per heavy atom. The van der Waals surface area contributed by atoms with Crippen LogP contribution < -0.4 is 5.43 Å². The lowest BCUT2D eigenvalue weighted by Crippen LogP contribution is -2.11. The van der Waals surface area contributed by atoms with E-state index in [1.54, 1.807) is 13.1 Å². The average Bonchev–Trinajstić information content (AvgIpc) is 1.95. The van der Waals surface area contributed by atoms with Crippen molar-refractivity contribution in [3.63, 3.8) is 0 Å². The summed E-state index contributed by atoms with van der Waals surface area (Å²) in [6.45, 7) is 1.51. The molecule has 0 aliphatic heterocycles. The number of aliphatic hydroxyl groups is 1. The molecule has 2 N–H and O–H groups in total. The molecule has 0 amide bonds. The van der Waals surface area contributed by atoms with Crippen molar-refractivity contribution in [2.75, 3.05) is 0 Å². The Kier molecular flexibility index (Phi) is 1.87. The molecule has 0 bridgehead atoms. The summed E-state index contributed by atoms with van der Waals surface area (Å²) >= 11 is 0. The highest BCUT2D eigenvalue weighted by atomic mass is 16.3. The summed E-state index contributed by atoms with van der Waals surface area (Å²) in [7, 11) is 0. The lowest BCUT2D eigenvalue weighted by molar-refractivity contribution is 0.280. The maximum absolute atomic E-state index is 11.0. The zero-order valence-electron chi connectivity index (χ0n) is 5.72. The topological polar surface area (TPSA) is 53.1 Å².